The zero-order chi connectivity index (χ0) is 34.6. The van der Waals surface area contributed by atoms with Crippen LogP contribution in [0.15, 0.2) is 29.4 Å². The highest BCUT2D eigenvalue weighted by molar-refractivity contribution is 6.38. The Kier molecular flexibility index (Phi) is 11.1. The molecule has 5 rings (SSSR count). The van der Waals surface area contributed by atoms with E-state index in [1.54, 1.807) is 12.1 Å². The molecule has 48 heavy (non-hydrogen) atoms. The fraction of sp³-hybridized carbons (Fsp3) is 0.657. The van der Waals surface area contributed by atoms with Gasteiger partial charge in [0.05, 0.1) is 18.3 Å². The van der Waals surface area contributed by atoms with Crippen LogP contribution in [0.1, 0.15) is 91.0 Å². The molecule has 1 saturated carbocycles. The number of benzene rings is 1. The molecule has 262 valence electrons. The summed E-state index contributed by atoms with van der Waals surface area (Å²) in [6.45, 7) is 8.72. The summed E-state index contributed by atoms with van der Waals surface area (Å²) in [5, 5.41) is 13.4. The molecule has 0 aromatic heterocycles. The van der Waals surface area contributed by atoms with Crippen molar-refractivity contribution in [3.05, 3.63) is 34.9 Å². The van der Waals surface area contributed by atoms with Crippen molar-refractivity contribution in [3.63, 3.8) is 0 Å². The van der Waals surface area contributed by atoms with Gasteiger partial charge < -0.3 is 30.4 Å². The number of carbonyl (C=O) groups is 5. The number of nitrogens with zero attached hydrogens (tertiary/aromatic N) is 2. The second-order valence-electron chi connectivity index (χ2n) is 14.8. The van der Waals surface area contributed by atoms with Gasteiger partial charge in [-0.3, -0.25) is 24.0 Å². The van der Waals surface area contributed by atoms with Gasteiger partial charge in [0.1, 0.15) is 12.1 Å². The highest BCUT2D eigenvalue weighted by Crippen LogP contribution is 2.40. The molecular weight excluding hydrogens is 638 g/mol. The van der Waals surface area contributed by atoms with Crippen molar-refractivity contribution in [2.24, 2.45) is 16.5 Å². The van der Waals surface area contributed by atoms with Crippen molar-refractivity contribution >= 4 is 46.7 Å². The zero-order valence-corrected chi connectivity index (χ0v) is 29.1. The number of oxime groups is 1. The Morgan fingerprint density at radius 1 is 1.08 bits per heavy atom. The average Bonchev–Trinajstić information content (AvgIpc) is 3.63. The van der Waals surface area contributed by atoms with Crippen molar-refractivity contribution in [3.8, 4) is 0 Å². The van der Waals surface area contributed by atoms with Crippen LogP contribution in [0.4, 0.5) is 0 Å². The standard InChI is InChI=1S/C35H48ClN5O7/c1-5-7-25(29(43)32(45)37-24-10-11-24)38-31(44)27-19-35(18-26(40-48-35)22-8-6-9-23(36)17-22)20-41(27)33(46)30(34(2,3)4)39-28(42)16-21-12-14-47-15-13-21/h6,8-9,17,21,24-25,27,30H,5,7,10-16,18-20H2,1-4H3,(H,37,45)(H,38,44)(H,39,42)/t25-,27-,30+,35?/m0/s1. The summed E-state index contributed by atoms with van der Waals surface area (Å²) in [4.78, 5) is 75.2. The van der Waals surface area contributed by atoms with E-state index < -0.39 is 52.6 Å². The number of ketones is 1. The molecule has 1 aromatic rings. The summed E-state index contributed by atoms with van der Waals surface area (Å²) in [5.41, 5.74) is -0.302. The largest absolute Gasteiger partial charge is 0.387 e. The molecule has 3 aliphatic heterocycles. The molecule has 0 radical (unpaired) electrons. The number of halogens is 1. The fourth-order valence-electron chi connectivity index (χ4n) is 6.67. The molecule has 1 spiro atoms. The molecule has 3 fully saturated rings. The van der Waals surface area contributed by atoms with Crippen LogP contribution in [-0.2, 0) is 33.5 Å². The summed E-state index contributed by atoms with van der Waals surface area (Å²) in [6.07, 6.45) is 4.72. The van der Waals surface area contributed by atoms with Gasteiger partial charge in [-0.2, -0.15) is 0 Å². The minimum atomic E-state index is -1.05. The molecule has 3 heterocycles. The monoisotopic (exact) mass is 685 g/mol. The molecular formula is C35H48ClN5O7. The lowest BCUT2D eigenvalue weighted by Crippen LogP contribution is -2.59. The molecule has 4 aliphatic rings. The smallest absolute Gasteiger partial charge is 0.289 e. The van der Waals surface area contributed by atoms with Gasteiger partial charge in [-0.1, -0.05) is 63.0 Å². The topological polar surface area (TPSA) is 156 Å². The second kappa shape index (κ2) is 14.9. The quantitative estimate of drug-likeness (QED) is 0.285. The number of hydrogen-bond donors (Lipinski definition) is 3. The normalized spacial score (nSPS) is 24.0. The zero-order valence-electron chi connectivity index (χ0n) is 28.3. The first-order valence-corrected chi connectivity index (χ1v) is 17.5. The first-order chi connectivity index (χ1) is 22.8. The SMILES string of the molecule is CCC[C@H](NC(=O)[C@@H]1CC2(CC(c3cccc(Cl)c3)=NO2)CN1C(=O)[C@@H](NC(=O)CC1CCOCC1)C(C)(C)C)C(=O)C(=O)NC1CC1. The summed E-state index contributed by atoms with van der Waals surface area (Å²) in [7, 11) is 0. The van der Waals surface area contributed by atoms with Crippen LogP contribution in [-0.4, -0.2) is 89.6 Å². The molecule has 3 N–H and O–H groups in total. The Labute approximate surface area is 287 Å². The summed E-state index contributed by atoms with van der Waals surface area (Å²) < 4.78 is 5.43. The number of carbonyl (C=O) groups excluding carboxylic acids is 5. The maximum atomic E-state index is 14.5. The third-order valence-electron chi connectivity index (χ3n) is 9.56. The minimum Gasteiger partial charge on any atom is -0.387 e. The average molecular weight is 686 g/mol. The van der Waals surface area contributed by atoms with Crippen LogP contribution in [0.2, 0.25) is 5.02 Å². The first-order valence-electron chi connectivity index (χ1n) is 17.1. The van der Waals surface area contributed by atoms with E-state index in [0.717, 1.165) is 31.2 Å². The predicted octanol–water partition coefficient (Wildman–Crippen LogP) is 3.28. The maximum Gasteiger partial charge on any atom is 0.289 e. The molecule has 13 heteroatoms. The van der Waals surface area contributed by atoms with Crippen LogP contribution in [0.3, 0.4) is 0 Å². The molecule has 1 aromatic carbocycles. The van der Waals surface area contributed by atoms with E-state index in [9.17, 15) is 24.0 Å². The second-order valence-corrected chi connectivity index (χ2v) is 15.2. The Morgan fingerprint density at radius 2 is 1.81 bits per heavy atom. The van der Waals surface area contributed by atoms with E-state index in [1.165, 1.54) is 4.90 Å². The van der Waals surface area contributed by atoms with Gasteiger partial charge in [-0.25, -0.2) is 0 Å². The Hall–Kier alpha value is -3.51. The van der Waals surface area contributed by atoms with Gasteiger partial charge in [-0.15, -0.1) is 0 Å². The van der Waals surface area contributed by atoms with E-state index in [0.29, 0.717) is 36.8 Å². The lowest BCUT2D eigenvalue weighted by molar-refractivity contribution is -0.145. The van der Waals surface area contributed by atoms with Crippen molar-refractivity contribution in [1.82, 2.24) is 20.9 Å². The number of rotatable bonds is 12. The van der Waals surface area contributed by atoms with Gasteiger partial charge in [0, 0.05) is 49.1 Å². The van der Waals surface area contributed by atoms with Crippen molar-refractivity contribution in [2.45, 2.75) is 115 Å². The molecule has 12 nitrogen and oxygen atoms in total. The van der Waals surface area contributed by atoms with E-state index in [2.05, 4.69) is 21.1 Å². The maximum absolute atomic E-state index is 14.5. The number of ether oxygens (including phenoxy) is 1. The van der Waals surface area contributed by atoms with E-state index in [1.807, 2.05) is 39.8 Å². The van der Waals surface area contributed by atoms with Gasteiger partial charge in [-0.05, 0) is 55.6 Å². The Bertz CT molecular complexity index is 1430. The van der Waals surface area contributed by atoms with E-state index in [4.69, 9.17) is 21.2 Å². The van der Waals surface area contributed by atoms with Gasteiger partial charge >= 0.3 is 0 Å². The van der Waals surface area contributed by atoms with Gasteiger partial charge in [0.15, 0.2) is 5.60 Å². The van der Waals surface area contributed by atoms with Crippen LogP contribution in [0.25, 0.3) is 0 Å². The molecule has 4 amide bonds. The molecule has 1 aliphatic carbocycles. The van der Waals surface area contributed by atoms with Crippen molar-refractivity contribution in [1.29, 1.82) is 0 Å². The van der Waals surface area contributed by atoms with Gasteiger partial charge in [0.2, 0.25) is 23.5 Å². The third kappa shape index (κ3) is 8.74. The van der Waals surface area contributed by atoms with Crippen LogP contribution < -0.4 is 16.0 Å². The molecule has 0 bridgehead atoms. The number of hydrogen-bond acceptors (Lipinski definition) is 8. The molecule has 4 atom stereocenters. The summed E-state index contributed by atoms with van der Waals surface area (Å²) >= 11 is 6.24. The third-order valence-corrected chi connectivity index (χ3v) is 9.80. The molecule has 2 saturated heterocycles. The lowest BCUT2D eigenvalue weighted by Gasteiger charge is -2.36. The lowest BCUT2D eigenvalue weighted by atomic mass is 9.85. The molecule has 1 unspecified atom stereocenters. The number of likely N-dealkylation sites (tertiary alicyclic amines) is 1. The van der Waals surface area contributed by atoms with Crippen LogP contribution >= 0.6 is 11.6 Å². The first kappa shape index (κ1) is 35.8. The van der Waals surface area contributed by atoms with E-state index >= 15 is 0 Å². The summed E-state index contributed by atoms with van der Waals surface area (Å²) in [5.74, 6) is -2.48. The van der Waals surface area contributed by atoms with Gasteiger partial charge in [0.25, 0.3) is 5.91 Å². The Morgan fingerprint density at radius 3 is 2.46 bits per heavy atom. The van der Waals surface area contributed by atoms with Crippen molar-refractivity contribution < 1.29 is 33.5 Å². The number of Topliss-reactive ketones (excluding diaryl/α,β-unsaturated/α-hetero) is 1. The number of amides is 4. The number of nitrogens with one attached hydrogen (secondary N) is 3. The Balaban J connectivity index is 1.38. The highest BCUT2D eigenvalue weighted by Gasteiger charge is 2.55. The van der Waals surface area contributed by atoms with E-state index in [-0.39, 0.29) is 43.7 Å². The summed E-state index contributed by atoms with van der Waals surface area (Å²) in [6, 6.07) is 4.18. The predicted molar refractivity (Wildman–Crippen MR) is 179 cm³/mol. The van der Waals surface area contributed by atoms with Crippen LogP contribution in [0, 0.1) is 11.3 Å². The van der Waals surface area contributed by atoms with Crippen molar-refractivity contribution in [2.75, 3.05) is 19.8 Å². The fourth-order valence-corrected chi connectivity index (χ4v) is 6.86. The minimum absolute atomic E-state index is 0.00794. The highest BCUT2D eigenvalue weighted by atomic mass is 35.5. The van der Waals surface area contributed by atoms with Crippen LogP contribution in [0.5, 0.6) is 0 Å².